The fourth-order valence-corrected chi connectivity index (χ4v) is 3.43. The van der Waals surface area contributed by atoms with Crippen molar-refractivity contribution in [3.05, 3.63) is 54.2 Å². The third-order valence-corrected chi connectivity index (χ3v) is 4.81. The van der Waals surface area contributed by atoms with E-state index in [2.05, 4.69) is 15.1 Å². The van der Waals surface area contributed by atoms with Crippen molar-refractivity contribution < 1.29 is 4.79 Å². The van der Waals surface area contributed by atoms with Crippen molar-refractivity contribution in [2.45, 2.75) is 32.2 Å². The second-order valence-electron chi connectivity index (χ2n) is 6.56. The fourth-order valence-electron chi connectivity index (χ4n) is 3.43. The van der Waals surface area contributed by atoms with Gasteiger partial charge in [0.2, 0.25) is 5.91 Å². The molecule has 1 saturated heterocycles. The topological polar surface area (TPSA) is 63.9 Å². The number of para-hydroxylation sites is 1. The molecule has 0 saturated carbocycles. The van der Waals surface area contributed by atoms with Gasteiger partial charge in [-0.3, -0.25) is 9.48 Å². The zero-order valence-electron chi connectivity index (χ0n) is 14.3. The van der Waals surface area contributed by atoms with Crippen LogP contribution in [0.2, 0.25) is 0 Å². The Morgan fingerprint density at radius 2 is 2.16 bits per heavy atom. The van der Waals surface area contributed by atoms with E-state index in [1.165, 1.54) is 0 Å². The quantitative estimate of drug-likeness (QED) is 0.735. The molecule has 2 aromatic heterocycles. The van der Waals surface area contributed by atoms with E-state index in [9.17, 15) is 4.79 Å². The van der Waals surface area contributed by atoms with Gasteiger partial charge >= 0.3 is 0 Å². The van der Waals surface area contributed by atoms with Crippen molar-refractivity contribution in [1.82, 2.24) is 24.6 Å². The molecule has 1 aromatic carbocycles. The Hall–Kier alpha value is -2.76. The standard InChI is InChI=1S/C19H21N5O/c1-14-6-9-20-19(22-14)16-7-10-23(13-16)18(25)8-11-24-17-5-3-2-4-15(17)12-21-24/h2-6,9,12,16H,7-8,10-11,13H2,1H3/t16-/m1/s1. The summed E-state index contributed by atoms with van der Waals surface area (Å²) in [4.78, 5) is 23.4. The normalized spacial score (nSPS) is 17.3. The van der Waals surface area contributed by atoms with E-state index < -0.39 is 0 Å². The third kappa shape index (κ3) is 3.24. The molecule has 0 spiro atoms. The van der Waals surface area contributed by atoms with Crippen LogP contribution in [0, 0.1) is 6.92 Å². The minimum atomic E-state index is 0.176. The van der Waals surface area contributed by atoms with E-state index in [0.717, 1.165) is 35.4 Å². The molecule has 1 atom stereocenters. The lowest BCUT2D eigenvalue weighted by molar-refractivity contribution is -0.130. The van der Waals surface area contributed by atoms with Crippen molar-refractivity contribution in [2.75, 3.05) is 13.1 Å². The van der Waals surface area contributed by atoms with Gasteiger partial charge in [-0.15, -0.1) is 0 Å². The highest BCUT2D eigenvalue weighted by atomic mass is 16.2. The number of aromatic nitrogens is 4. The second-order valence-corrected chi connectivity index (χ2v) is 6.56. The second kappa shape index (κ2) is 6.63. The van der Waals surface area contributed by atoms with Crippen LogP contribution in [-0.2, 0) is 11.3 Å². The van der Waals surface area contributed by atoms with E-state index in [4.69, 9.17) is 0 Å². The minimum Gasteiger partial charge on any atom is -0.342 e. The van der Waals surface area contributed by atoms with Crippen molar-refractivity contribution in [3.63, 3.8) is 0 Å². The van der Waals surface area contributed by atoms with Crippen LogP contribution >= 0.6 is 0 Å². The van der Waals surface area contributed by atoms with Crippen LogP contribution in [0.4, 0.5) is 0 Å². The molecule has 6 heteroatoms. The van der Waals surface area contributed by atoms with Gasteiger partial charge < -0.3 is 4.90 Å². The molecule has 3 heterocycles. The summed E-state index contributed by atoms with van der Waals surface area (Å²) in [6.07, 6.45) is 5.04. The highest BCUT2D eigenvalue weighted by Crippen LogP contribution is 2.25. The Morgan fingerprint density at radius 1 is 1.28 bits per heavy atom. The van der Waals surface area contributed by atoms with E-state index in [-0.39, 0.29) is 11.8 Å². The maximum atomic E-state index is 12.6. The van der Waals surface area contributed by atoms with Crippen LogP contribution < -0.4 is 0 Å². The number of hydrogen-bond acceptors (Lipinski definition) is 4. The Bertz CT molecular complexity index is 903. The summed E-state index contributed by atoms with van der Waals surface area (Å²) in [6, 6.07) is 9.96. The lowest BCUT2D eigenvalue weighted by Gasteiger charge is -2.16. The van der Waals surface area contributed by atoms with E-state index in [1.807, 2.05) is 53.0 Å². The molecule has 1 fully saturated rings. The summed E-state index contributed by atoms with van der Waals surface area (Å²) in [5, 5.41) is 5.50. The molecule has 0 unspecified atom stereocenters. The molecule has 128 valence electrons. The van der Waals surface area contributed by atoms with Crippen LogP contribution in [0.25, 0.3) is 10.9 Å². The molecule has 0 bridgehead atoms. The highest BCUT2D eigenvalue weighted by molar-refractivity contribution is 5.79. The smallest absolute Gasteiger partial charge is 0.224 e. The van der Waals surface area contributed by atoms with Gasteiger partial charge in [-0.25, -0.2) is 9.97 Å². The van der Waals surface area contributed by atoms with E-state index >= 15 is 0 Å². The first-order valence-electron chi connectivity index (χ1n) is 8.68. The molecule has 3 aromatic rings. The van der Waals surface area contributed by atoms with Crippen LogP contribution in [0.5, 0.6) is 0 Å². The predicted octanol–water partition coefficient (Wildman–Crippen LogP) is 2.54. The lowest BCUT2D eigenvalue weighted by atomic mass is 10.1. The van der Waals surface area contributed by atoms with Gasteiger partial charge in [0.15, 0.2) is 0 Å². The molecule has 1 amide bonds. The Kier molecular flexibility index (Phi) is 4.17. The first kappa shape index (κ1) is 15.7. The molecule has 4 rings (SSSR count). The Morgan fingerprint density at radius 3 is 3.04 bits per heavy atom. The summed E-state index contributed by atoms with van der Waals surface area (Å²) < 4.78 is 1.91. The molecule has 1 aliphatic rings. The number of carbonyl (C=O) groups is 1. The number of likely N-dealkylation sites (tertiary alicyclic amines) is 1. The highest BCUT2D eigenvalue weighted by Gasteiger charge is 2.28. The van der Waals surface area contributed by atoms with Crippen LogP contribution in [0.15, 0.2) is 42.7 Å². The van der Waals surface area contributed by atoms with Crippen LogP contribution in [-0.4, -0.2) is 43.6 Å². The summed E-state index contributed by atoms with van der Waals surface area (Å²) in [5.74, 6) is 1.28. The third-order valence-electron chi connectivity index (χ3n) is 4.81. The van der Waals surface area contributed by atoms with Gasteiger partial charge in [-0.1, -0.05) is 18.2 Å². The zero-order valence-corrected chi connectivity index (χ0v) is 14.3. The largest absolute Gasteiger partial charge is 0.342 e. The average molecular weight is 335 g/mol. The fraction of sp³-hybridized carbons (Fsp3) is 0.368. The maximum absolute atomic E-state index is 12.6. The minimum absolute atomic E-state index is 0.176. The van der Waals surface area contributed by atoms with E-state index in [1.54, 1.807) is 6.20 Å². The number of hydrogen-bond donors (Lipinski definition) is 0. The van der Waals surface area contributed by atoms with Gasteiger partial charge in [-0.05, 0) is 25.5 Å². The van der Waals surface area contributed by atoms with Gasteiger partial charge in [0.05, 0.1) is 18.3 Å². The summed E-state index contributed by atoms with van der Waals surface area (Å²) in [5.41, 5.74) is 2.04. The molecule has 6 nitrogen and oxygen atoms in total. The zero-order chi connectivity index (χ0) is 17.2. The van der Waals surface area contributed by atoms with Crippen molar-refractivity contribution in [1.29, 1.82) is 0 Å². The molecular formula is C19H21N5O. The summed E-state index contributed by atoms with van der Waals surface area (Å²) >= 11 is 0. The van der Waals surface area contributed by atoms with Crippen molar-refractivity contribution in [2.24, 2.45) is 0 Å². The molecule has 0 aliphatic carbocycles. The number of rotatable bonds is 4. The van der Waals surface area contributed by atoms with Gasteiger partial charge in [0, 0.05) is 42.7 Å². The first-order chi connectivity index (χ1) is 12.2. The predicted molar refractivity (Wildman–Crippen MR) is 95.1 cm³/mol. The Labute approximate surface area is 146 Å². The monoisotopic (exact) mass is 335 g/mol. The number of benzene rings is 1. The molecule has 25 heavy (non-hydrogen) atoms. The van der Waals surface area contributed by atoms with Gasteiger partial charge in [-0.2, -0.15) is 5.10 Å². The van der Waals surface area contributed by atoms with Gasteiger partial charge in [0.1, 0.15) is 5.82 Å². The van der Waals surface area contributed by atoms with Gasteiger partial charge in [0.25, 0.3) is 0 Å². The first-order valence-corrected chi connectivity index (χ1v) is 8.68. The number of nitrogens with zero attached hydrogens (tertiary/aromatic N) is 5. The number of amides is 1. The van der Waals surface area contributed by atoms with E-state index in [0.29, 0.717) is 19.5 Å². The molecule has 0 radical (unpaired) electrons. The van der Waals surface area contributed by atoms with Crippen molar-refractivity contribution in [3.8, 4) is 0 Å². The van der Waals surface area contributed by atoms with Crippen molar-refractivity contribution >= 4 is 16.8 Å². The van der Waals surface area contributed by atoms with Crippen LogP contribution in [0.3, 0.4) is 0 Å². The molecular weight excluding hydrogens is 314 g/mol. The van der Waals surface area contributed by atoms with Crippen LogP contribution in [0.1, 0.15) is 30.3 Å². The number of aryl methyl sites for hydroxylation is 2. The summed E-state index contributed by atoms with van der Waals surface area (Å²) in [7, 11) is 0. The maximum Gasteiger partial charge on any atom is 0.224 e. The summed E-state index contributed by atoms with van der Waals surface area (Å²) in [6.45, 7) is 4.06. The SMILES string of the molecule is Cc1ccnc([C@@H]2CCN(C(=O)CCn3ncc4ccccc43)C2)n1. The molecule has 1 aliphatic heterocycles. The number of carbonyl (C=O) groups excluding carboxylic acids is 1. The molecule has 0 N–H and O–H groups in total. The lowest BCUT2D eigenvalue weighted by Crippen LogP contribution is -2.29. The number of fused-ring (bicyclic) bond motifs is 1. The Balaban J connectivity index is 1.37. The average Bonchev–Trinajstić information content (AvgIpc) is 3.27.